The van der Waals surface area contributed by atoms with E-state index >= 15 is 0 Å². The number of aromatic carboxylic acids is 1. The van der Waals surface area contributed by atoms with Crippen LogP contribution in [0.5, 0.6) is 0 Å². The van der Waals surface area contributed by atoms with Crippen molar-refractivity contribution in [2.45, 2.75) is 6.04 Å². The number of benzene rings is 1. The third-order valence-electron chi connectivity index (χ3n) is 1.93. The second-order valence-corrected chi connectivity index (χ2v) is 2.94. The summed E-state index contributed by atoms with van der Waals surface area (Å²) in [6, 6.07) is 3.86. The summed E-state index contributed by atoms with van der Waals surface area (Å²) in [7, 11) is 0. The largest absolute Gasteiger partial charge is 0.478 e. The van der Waals surface area contributed by atoms with Gasteiger partial charge in [-0.3, -0.25) is 0 Å². The molecular weight excluding hydrogens is 184 g/mol. The zero-order chi connectivity index (χ0) is 10.7. The monoisotopic (exact) mass is 196 g/mol. The molecule has 0 saturated heterocycles. The molecule has 5 nitrogen and oxygen atoms in total. The molecule has 0 spiro atoms. The summed E-state index contributed by atoms with van der Waals surface area (Å²) in [4.78, 5) is 10.7. The molecule has 1 atom stereocenters. The van der Waals surface area contributed by atoms with Gasteiger partial charge >= 0.3 is 5.97 Å². The first kappa shape index (κ1) is 10.5. The molecule has 0 radical (unpaired) electrons. The van der Waals surface area contributed by atoms with E-state index in [0.717, 1.165) is 0 Å². The Bertz CT molecular complexity index is 352. The topological polar surface area (TPSA) is 110 Å². The summed E-state index contributed by atoms with van der Waals surface area (Å²) in [5.74, 6) is -1.10. The van der Waals surface area contributed by atoms with E-state index in [4.69, 9.17) is 21.7 Å². The van der Waals surface area contributed by atoms with Crippen LogP contribution in [0, 0.1) is 0 Å². The van der Waals surface area contributed by atoms with Crippen LogP contribution in [0.25, 0.3) is 0 Å². The van der Waals surface area contributed by atoms with Crippen molar-refractivity contribution >= 4 is 11.7 Å². The van der Waals surface area contributed by atoms with Gasteiger partial charge in [-0.15, -0.1) is 0 Å². The lowest BCUT2D eigenvalue weighted by atomic mass is 10.0. The second-order valence-electron chi connectivity index (χ2n) is 2.94. The molecule has 0 unspecified atom stereocenters. The highest BCUT2D eigenvalue weighted by Crippen LogP contribution is 2.17. The van der Waals surface area contributed by atoms with Gasteiger partial charge in [-0.05, 0) is 17.7 Å². The van der Waals surface area contributed by atoms with E-state index in [2.05, 4.69) is 0 Å². The molecule has 1 rings (SSSR count). The number of aliphatic hydroxyl groups excluding tert-OH is 1. The Morgan fingerprint density at radius 2 is 2.14 bits per heavy atom. The Hall–Kier alpha value is -1.59. The first-order valence-corrected chi connectivity index (χ1v) is 4.05. The first-order chi connectivity index (χ1) is 6.56. The van der Waals surface area contributed by atoms with Crippen LogP contribution in [0.3, 0.4) is 0 Å². The minimum absolute atomic E-state index is 0.00593. The average Bonchev–Trinajstić information content (AvgIpc) is 2.17. The molecule has 0 aliphatic rings. The van der Waals surface area contributed by atoms with Crippen molar-refractivity contribution in [2.75, 3.05) is 12.3 Å². The van der Waals surface area contributed by atoms with Gasteiger partial charge in [-0.25, -0.2) is 4.79 Å². The molecule has 5 heteroatoms. The lowest BCUT2D eigenvalue weighted by molar-refractivity contribution is 0.0698. The summed E-state index contributed by atoms with van der Waals surface area (Å²) in [5.41, 5.74) is 11.7. The van der Waals surface area contributed by atoms with Gasteiger partial charge in [0.1, 0.15) is 0 Å². The standard InChI is InChI=1S/C9H12N2O3/c10-7-2-1-5(8(11)4-12)3-6(7)9(13)14/h1-3,8,12H,4,10-11H2,(H,13,14)/t8-/m0/s1. The zero-order valence-corrected chi connectivity index (χ0v) is 7.47. The molecule has 6 N–H and O–H groups in total. The second kappa shape index (κ2) is 4.08. The number of carboxylic acids is 1. The molecule has 0 aliphatic heterocycles. The predicted molar refractivity (Wildman–Crippen MR) is 51.8 cm³/mol. The van der Waals surface area contributed by atoms with E-state index in [9.17, 15) is 4.79 Å². The molecule has 1 aromatic rings. The van der Waals surface area contributed by atoms with Gasteiger partial charge in [-0.1, -0.05) is 6.07 Å². The number of rotatable bonds is 3. The molecule has 0 heterocycles. The third-order valence-corrected chi connectivity index (χ3v) is 1.93. The zero-order valence-electron chi connectivity index (χ0n) is 7.47. The molecule has 0 aromatic heterocycles. The van der Waals surface area contributed by atoms with Crippen molar-refractivity contribution in [3.63, 3.8) is 0 Å². The molecular formula is C9H12N2O3. The van der Waals surface area contributed by atoms with E-state index in [1.54, 1.807) is 6.07 Å². The summed E-state index contributed by atoms with van der Waals surface area (Å²) in [5, 5.41) is 17.5. The number of aliphatic hydroxyl groups is 1. The lowest BCUT2D eigenvalue weighted by Crippen LogP contribution is -2.15. The van der Waals surface area contributed by atoms with Gasteiger partial charge in [0.2, 0.25) is 0 Å². The van der Waals surface area contributed by atoms with Gasteiger partial charge < -0.3 is 21.7 Å². The van der Waals surface area contributed by atoms with Crippen molar-refractivity contribution in [3.05, 3.63) is 29.3 Å². The van der Waals surface area contributed by atoms with Crippen molar-refractivity contribution in [1.29, 1.82) is 0 Å². The first-order valence-electron chi connectivity index (χ1n) is 4.05. The summed E-state index contributed by atoms with van der Waals surface area (Å²) in [6.45, 7) is -0.233. The quantitative estimate of drug-likeness (QED) is 0.507. The summed E-state index contributed by atoms with van der Waals surface area (Å²) in [6.07, 6.45) is 0. The van der Waals surface area contributed by atoms with Crippen molar-refractivity contribution < 1.29 is 15.0 Å². The molecule has 0 amide bonds. The highest BCUT2D eigenvalue weighted by Gasteiger charge is 2.11. The Kier molecular flexibility index (Phi) is 3.06. The number of nitrogens with two attached hydrogens (primary N) is 2. The van der Waals surface area contributed by atoms with Crippen LogP contribution in [0.2, 0.25) is 0 Å². The highest BCUT2D eigenvalue weighted by molar-refractivity contribution is 5.93. The maximum absolute atomic E-state index is 10.7. The molecule has 0 aliphatic carbocycles. The van der Waals surface area contributed by atoms with Crippen LogP contribution >= 0.6 is 0 Å². The Morgan fingerprint density at radius 3 is 2.64 bits per heavy atom. The fourth-order valence-corrected chi connectivity index (χ4v) is 1.10. The summed E-state index contributed by atoms with van der Waals surface area (Å²) < 4.78 is 0. The molecule has 0 bridgehead atoms. The number of hydrogen-bond donors (Lipinski definition) is 4. The van der Waals surface area contributed by atoms with Gasteiger partial charge in [-0.2, -0.15) is 0 Å². The van der Waals surface area contributed by atoms with Gasteiger partial charge in [0, 0.05) is 5.69 Å². The van der Waals surface area contributed by atoms with Gasteiger partial charge in [0.15, 0.2) is 0 Å². The van der Waals surface area contributed by atoms with Gasteiger partial charge in [0.25, 0.3) is 0 Å². The minimum atomic E-state index is -1.10. The third kappa shape index (κ3) is 2.01. The van der Waals surface area contributed by atoms with E-state index in [1.807, 2.05) is 0 Å². The summed E-state index contributed by atoms with van der Waals surface area (Å²) >= 11 is 0. The van der Waals surface area contributed by atoms with Crippen LogP contribution < -0.4 is 11.5 Å². The number of hydrogen-bond acceptors (Lipinski definition) is 4. The number of carbonyl (C=O) groups is 1. The molecule has 14 heavy (non-hydrogen) atoms. The normalized spacial score (nSPS) is 12.4. The number of nitrogen functional groups attached to an aromatic ring is 1. The molecule has 0 fully saturated rings. The fraction of sp³-hybridized carbons (Fsp3) is 0.222. The van der Waals surface area contributed by atoms with Gasteiger partial charge in [0.05, 0.1) is 18.2 Å². The maximum Gasteiger partial charge on any atom is 0.337 e. The van der Waals surface area contributed by atoms with Crippen molar-refractivity contribution in [2.24, 2.45) is 5.73 Å². The van der Waals surface area contributed by atoms with Crippen molar-refractivity contribution in [1.82, 2.24) is 0 Å². The fourth-order valence-electron chi connectivity index (χ4n) is 1.10. The van der Waals surface area contributed by atoms with E-state index in [0.29, 0.717) is 5.56 Å². The smallest absolute Gasteiger partial charge is 0.337 e. The number of anilines is 1. The Labute approximate surface area is 81.0 Å². The lowest BCUT2D eigenvalue weighted by Gasteiger charge is -2.10. The Morgan fingerprint density at radius 1 is 1.50 bits per heavy atom. The number of carboxylic acid groups (broad SMARTS) is 1. The van der Waals surface area contributed by atoms with E-state index in [1.165, 1.54) is 12.1 Å². The van der Waals surface area contributed by atoms with Crippen molar-refractivity contribution in [3.8, 4) is 0 Å². The van der Waals surface area contributed by atoms with E-state index < -0.39 is 12.0 Å². The Balaban J connectivity index is 3.12. The average molecular weight is 196 g/mol. The highest BCUT2D eigenvalue weighted by atomic mass is 16.4. The molecule has 0 saturated carbocycles. The maximum atomic E-state index is 10.7. The van der Waals surface area contributed by atoms with Crippen LogP contribution in [-0.2, 0) is 0 Å². The van der Waals surface area contributed by atoms with Crippen LogP contribution in [0.1, 0.15) is 22.0 Å². The van der Waals surface area contributed by atoms with Crippen LogP contribution in [0.15, 0.2) is 18.2 Å². The molecule has 1 aromatic carbocycles. The van der Waals surface area contributed by atoms with Crippen LogP contribution in [-0.4, -0.2) is 22.8 Å². The minimum Gasteiger partial charge on any atom is -0.478 e. The van der Waals surface area contributed by atoms with E-state index in [-0.39, 0.29) is 17.9 Å². The predicted octanol–water partition coefficient (Wildman–Crippen LogP) is -0.0409. The molecule has 76 valence electrons. The van der Waals surface area contributed by atoms with Crippen LogP contribution in [0.4, 0.5) is 5.69 Å². The SMILES string of the molecule is Nc1ccc([C@@H](N)CO)cc1C(=O)O.